The molecule has 0 radical (unpaired) electrons. The van der Waals surface area contributed by atoms with Gasteiger partial charge in [-0.1, -0.05) is 36.0 Å². The summed E-state index contributed by atoms with van der Waals surface area (Å²) in [6, 6.07) is 8.56. The van der Waals surface area contributed by atoms with E-state index in [0.717, 1.165) is 31.9 Å². The van der Waals surface area contributed by atoms with Crippen molar-refractivity contribution in [3.63, 3.8) is 0 Å². The number of hydrogen-bond donors (Lipinski definition) is 1. The molecular formula is C15H20N2OS. The maximum absolute atomic E-state index is 10.8. The highest BCUT2D eigenvalue weighted by Crippen LogP contribution is 2.17. The van der Waals surface area contributed by atoms with E-state index in [-0.39, 0.29) is 5.12 Å². The summed E-state index contributed by atoms with van der Waals surface area (Å²) in [5.41, 5.74) is 2.48. The van der Waals surface area contributed by atoms with Crippen molar-refractivity contribution in [2.45, 2.75) is 6.92 Å². The largest absolute Gasteiger partial charge is 0.369 e. The lowest BCUT2D eigenvalue weighted by Crippen LogP contribution is -2.43. The summed E-state index contributed by atoms with van der Waals surface area (Å²) in [6.07, 6.45) is 4.13. The number of rotatable bonds is 4. The number of carbonyl (C=O) groups excluding carboxylic acids is 1. The van der Waals surface area contributed by atoms with Gasteiger partial charge in [-0.3, -0.25) is 4.79 Å². The lowest BCUT2D eigenvalue weighted by molar-refractivity contribution is -0.109. The van der Waals surface area contributed by atoms with E-state index in [2.05, 4.69) is 40.6 Å². The van der Waals surface area contributed by atoms with Crippen molar-refractivity contribution >= 4 is 28.6 Å². The minimum Gasteiger partial charge on any atom is -0.369 e. The Morgan fingerprint density at radius 2 is 2.21 bits per heavy atom. The third kappa shape index (κ3) is 4.73. The van der Waals surface area contributed by atoms with E-state index in [1.807, 2.05) is 6.08 Å². The Bertz CT molecular complexity index is 453. The number of nitrogens with zero attached hydrogens (tertiary/aromatic N) is 1. The first-order valence-corrected chi connectivity index (χ1v) is 7.60. The highest BCUT2D eigenvalue weighted by atomic mass is 32.2. The standard InChI is InChI=1S/C15H20N2OS/c1-13(18)19-11-3-5-14-4-2-6-15(12-14)17-9-7-16-8-10-17/h2-6,12,16H,7-11H2,1H3. The van der Waals surface area contributed by atoms with Gasteiger partial charge in [-0.2, -0.15) is 0 Å². The highest BCUT2D eigenvalue weighted by Gasteiger charge is 2.09. The predicted octanol–water partition coefficient (Wildman–Crippen LogP) is 2.39. The third-order valence-electron chi connectivity index (χ3n) is 3.05. The predicted molar refractivity (Wildman–Crippen MR) is 83.7 cm³/mol. The summed E-state index contributed by atoms with van der Waals surface area (Å²) < 4.78 is 0. The van der Waals surface area contributed by atoms with Gasteiger partial charge < -0.3 is 10.2 Å². The molecule has 0 spiro atoms. The number of hydrogen-bond acceptors (Lipinski definition) is 4. The van der Waals surface area contributed by atoms with Crippen molar-refractivity contribution in [1.82, 2.24) is 5.32 Å². The maximum atomic E-state index is 10.8. The van der Waals surface area contributed by atoms with Crippen molar-refractivity contribution < 1.29 is 4.79 Å². The van der Waals surface area contributed by atoms with Crippen molar-refractivity contribution in [3.8, 4) is 0 Å². The smallest absolute Gasteiger partial charge is 0.186 e. The fraction of sp³-hybridized carbons (Fsp3) is 0.400. The second kappa shape index (κ2) is 7.36. The van der Waals surface area contributed by atoms with Gasteiger partial charge in [0.1, 0.15) is 0 Å². The van der Waals surface area contributed by atoms with Gasteiger partial charge in [-0.05, 0) is 17.7 Å². The van der Waals surface area contributed by atoms with Crippen molar-refractivity contribution in [3.05, 3.63) is 35.9 Å². The van der Waals surface area contributed by atoms with Gasteiger partial charge >= 0.3 is 0 Å². The average molecular weight is 276 g/mol. The second-order valence-corrected chi connectivity index (χ2v) is 5.73. The van der Waals surface area contributed by atoms with Crippen LogP contribution in [0, 0.1) is 0 Å². The summed E-state index contributed by atoms with van der Waals surface area (Å²) >= 11 is 1.34. The molecule has 2 rings (SSSR count). The average Bonchev–Trinajstić information content (AvgIpc) is 2.45. The summed E-state index contributed by atoms with van der Waals surface area (Å²) in [5.74, 6) is 0.743. The lowest BCUT2D eigenvalue weighted by Gasteiger charge is -2.29. The number of benzene rings is 1. The number of piperazine rings is 1. The van der Waals surface area contributed by atoms with Gasteiger partial charge in [-0.25, -0.2) is 0 Å². The van der Waals surface area contributed by atoms with Crippen LogP contribution in [-0.2, 0) is 4.79 Å². The van der Waals surface area contributed by atoms with Gasteiger partial charge in [0.05, 0.1) is 0 Å². The molecule has 19 heavy (non-hydrogen) atoms. The number of anilines is 1. The van der Waals surface area contributed by atoms with Gasteiger partial charge in [0.2, 0.25) is 0 Å². The van der Waals surface area contributed by atoms with Crippen LogP contribution in [-0.4, -0.2) is 37.0 Å². The first kappa shape index (κ1) is 14.2. The molecule has 1 saturated heterocycles. The molecule has 1 aromatic carbocycles. The molecule has 1 aliphatic heterocycles. The SMILES string of the molecule is CC(=O)SCC=Cc1cccc(N2CCNCC2)c1. The Kier molecular flexibility index (Phi) is 5.48. The zero-order chi connectivity index (χ0) is 13.5. The number of nitrogens with one attached hydrogen (secondary N) is 1. The van der Waals surface area contributed by atoms with E-state index in [1.165, 1.54) is 23.0 Å². The van der Waals surface area contributed by atoms with Crippen LogP contribution in [0.4, 0.5) is 5.69 Å². The first-order chi connectivity index (χ1) is 9.25. The maximum Gasteiger partial charge on any atom is 0.186 e. The molecule has 1 fully saturated rings. The van der Waals surface area contributed by atoms with E-state index >= 15 is 0 Å². The zero-order valence-corrected chi connectivity index (χ0v) is 12.1. The van der Waals surface area contributed by atoms with Crippen molar-refractivity contribution in [1.29, 1.82) is 0 Å². The van der Waals surface area contributed by atoms with Gasteiger partial charge in [-0.15, -0.1) is 0 Å². The van der Waals surface area contributed by atoms with E-state index in [1.54, 1.807) is 6.92 Å². The van der Waals surface area contributed by atoms with Crippen LogP contribution in [0.5, 0.6) is 0 Å². The molecule has 0 unspecified atom stereocenters. The van der Waals surface area contributed by atoms with Crippen LogP contribution in [0.15, 0.2) is 30.3 Å². The molecule has 0 saturated carbocycles. The fourth-order valence-electron chi connectivity index (χ4n) is 2.10. The van der Waals surface area contributed by atoms with Crippen molar-refractivity contribution in [2.24, 2.45) is 0 Å². The minimum atomic E-state index is 0.166. The van der Waals surface area contributed by atoms with Crippen molar-refractivity contribution in [2.75, 3.05) is 36.8 Å². The molecule has 102 valence electrons. The molecule has 0 aliphatic carbocycles. The molecular weight excluding hydrogens is 256 g/mol. The zero-order valence-electron chi connectivity index (χ0n) is 11.3. The molecule has 0 aromatic heterocycles. The number of carbonyl (C=O) groups is 1. The Balaban J connectivity index is 1.96. The summed E-state index contributed by atoms with van der Waals surface area (Å²) in [4.78, 5) is 13.2. The quantitative estimate of drug-likeness (QED) is 0.915. The van der Waals surface area contributed by atoms with Crippen LogP contribution < -0.4 is 10.2 Å². The Morgan fingerprint density at radius 3 is 2.95 bits per heavy atom. The normalized spacial score (nSPS) is 15.9. The van der Waals surface area contributed by atoms with Crippen LogP contribution >= 0.6 is 11.8 Å². The molecule has 1 heterocycles. The topological polar surface area (TPSA) is 32.3 Å². The van der Waals surface area contributed by atoms with E-state index < -0.39 is 0 Å². The molecule has 0 amide bonds. The Labute approximate surface area is 119 Å². The first-order valence-electron chi connectivity index (χ1n) is 6.61. The van der Waals surface area contributed by atoms with E-state index in [9.17, 15) is 4.79 Å². The van der Waals surface area contributed by atoms with Crippen LogP contribution in [0.25, 0.3) is 6.08 Å². The molecule has 0 atom stereocenters. The minimum absolute atomic E-state index is 0.166. The third-order valence-corrected chi connectivity index (χ3v) is 3.81. The van der Waals surface area contributed by atoms with Crippen LogP contribution in [0.3, 0.4) is 0 Å². The molecule has 0 bridgehead atoms. The number of thioether (sulfide) groups is 1. The van der Waals surface area contributed by atoms with Crippen LogP contribution in [0.2, 0.25) is 0 Å². The Hall–Kier alpha value is -1.26. The van der Waals surface area contributed by atoms with E-state index in [4.69, 9.17) is 0 Å². The van der Waals surface area contributed by atoms with Crippen LogP contribution in [0.1, 0.15) is 12.5 Å². The van der Waals surface area contributed by atoms with Gasteiger partial charge in [0.15, 0.2) is 5.12 Å². The molecule has 1 N–H and O–H groups in total. The summed E-state index contributed by atoms with van der Waals surface area (Å²) in [7, 11) is 0. The molecule has 3 nitrogen and oxygen atoms in total. The van der Waals surface area contributed by atoms with Gasteiger partial charge in [0.25, 0.3) is 0 Å². The second-order valence-electron chi connectivity index (χ2n) is 4.54. The highest BCUT2D eigenvalue weighted by molar-refractivity contribution is 8.13. The lowest BCUT2D eigenvalue weighted by atomic mass is 10.1. The Morgan fingerprint density at radius 1 is 1.42 bits per heavy atom. The molecule has 4 heteroatoms. The summed E-state index contributed by atoms with van der Waals surface area (Å²) in [6.45, 7) is 5.83. The summed E-state index contributed by atoms with van der Waals surface area (Å²) in [5, 5.41) is 3.53. The van der Waals surface area contributed by atoms with Gasteiger partial charge in [0, 0.05) is 44.5 Å². The molecule has 1 aromatic rings. The molecule has 1 aliphatic rings. The van der Waals surface area contributed by atoms with E-state index in [0.29, 0.717) is 0 Å². The monoisotopic (exact) mass is 276 g/mol. The fourth-order valence-corrected chi connectivity index (χ4v) is 2.53.